The molecule has 0 saturated heterocycles. The van der Waals surface area contributed by atoms with Gasteiger partial charge in [0.2, 0.25) is 11.7 Å². The first-order valence-corrected chi connectivity index (χ1v) is 9.69. The Kier molecular flexibility index (Phi) is 6.26. The van der Waals surface area contributed by atoms with Crippen LogP contribution in [0.25, 0.3) is 11.0 Å². The van der Waals surface area contributed by atoms with Crippen molar-refractivity contribution < 1.29 is 14.0 Å². The first kappa shape index (κ1) is 19.8. The molecule has 28 heavy (non-hydrogen) atoms. The minimum atomic E-state index is -0.476. The number of carbonyl (C=O) groups is 2. The van der Waals surface area contributed by atoms with E-state index in [1.54, 1.807) is 18.2 Å². The molecule has 146 valence electrons. The van der Waals surface area contributed by atoms with E-state index in [0.29, 0.717) is 11.1 Å². The zero-order valence-electron chi connectivity index (χ0n) is 16.1. The summed E-state index contributed by atoms with van der Waals surface area (Å²) in [6.45, 7) is 2.18. The quantitative estimate of drug-likeness (QED) is 0.429. The van der Waals surface area contributed by atoms with Crippen LogP contribution in [0.4, 0.5) is 0 Å². The highest BCUT2D eigenvalue weighted by Gasteiger charge is 2.16. The number of hydrogen-bond acceptors (Lipinski definition) is 4. The second-order valence-electron chi connectivity index (χ2n) is 7.17. The molecule has 1 amide bonds. The number of aryl methyl sites for hydroxylation is 1. The monoisotopic (exact) mass is 378 g/mol. The van der Waals surface area contributed by atoms with Crippen molar-refractivity contribution >= 4 is 22.7 Å². The molecule has 4 N–H and O–H groups in total. The maximum atomic E-state index is 12.8. The summed E-state index contributed by atoms with van der Waals surface area (Å²) < 4.78 is 5.73. The third-order valence-electron chi connectivity index (χ3n) is 4.90. The average Bonchev–Trinajstić information content (AvgIpc) is 3.11. The van der Waals surface area contributed by atoms with E-state index >= 15 is 0 Å². The second kappa shape index (κ2) is 8.85. The van der Waals surface area contributed by atoms with Crippen LogP contribution in [-0.2, 0) is 11.2 Å². The number of primary amides is 1. The Morgan fingerprint density at radius 2 is 1.79 bits per heavy atom. The summed E-state index contributed by atoms with van der Waals surface area (Å²) in [5.74, 6) is -0.317. The standard InChI is InChI=1S/C23H26N2O3/c1-2-3-4-5-15-6-8-16(9-7-15)23(27)21-13-18-12-17(10-11-20(18)28-21)19(24)14-22(25)26/h6-13,19H,2-5,14,24H2,1H3,(H2,25,26). The SMILES string of the molecule is CCCCCc1ccc(C(=O)c2cc3cc(C(N)CC(N)=O)ccc3o2)cc1. The number of amides is 1. The van der Waals surface area contributed by atoms with Crippen LogP contribution in [0.1, 0.15) is 65.9 Å². The van der Waals surface area contributed by atoms with Gasteiger partial charge in [-0.25, -0.2) is 0 Å². The summed E-state index contributed by atoms with van der Waals surface area (Å²) in [7, 11) is 0. The first-order chi connectivity index (χ1) is 13.5. The minimum Gasteiger partial charge on any atom is -0.453 e. The van der Waals surface area contributed by atoms with Crippen molar-refractivity contribution in [2.24, 2.45) is 11.5 Å². The molecule has 0 aliphatic heterocycles. The maximum Gasteiger partial charge on any atom is 0.228 e. The minimum absolute atomic E-state index is 0.0692. The molecular weight excluding hydrogens is 352 g/mol. The highest BCUT2D eigenvalue weighted by atomic mass is 16.3. The number of rotatable bonds is 9. The molecule has 0 fully saturated rings. The molecule has 0 radical (unpaired) electrons. The summed E-state index contributed by atoms with van der Waals surface area (Å²) in [6.07, 6.45) is 4.66. The van der Waals surface area contributed by atoms with Crippen molar-refractivity contribution in [1.29, 1.82) is 0 Å². The van der Waals surface area contributed by atoms with Crippen molar-refractivity contribution in [3.63, 3.8) is 0 Å². The van der Waals surface area contributed by atoms with Crippen molar-refractivity contribution in [3.05, 3.63) is 71.0 Å². The van der Waals surface area contributed by atoms with E-state index in [1.807, 2.05) is 30.3 Å². The largest absolute Gasteiger partial charge is 0.453 e. The molecule has 5 nitrogen and oxygen atoms in total. The highest BCUT2D eigenvalue weighted by Crippen LogP contribution is 2.25. The maximum absolute atomic E-state index is 12.8. The Balaban J connectivity index is 1.77. The molecule has 5 heteroatoms. The molecule has 1 unspecified atom stereocenters. The number of fused-ring (bicyclic) bond motifs is 1. The number of hydrogen-bond donors (Lipinski definition) is 2. The zero-order valence-corrected chi connectivity index (χ0v) is 16.1. The topological polar surface area (TPSA) is 99.3 Å². The third-order valence-corrected chi connectivity index (χ3v) is 4.90. The Labute approximate surface area is 164 Å². The molecule has 1 atom stereocenters. The van der Waals surface area contributed by atoms with E-state index in [-0.39, 0.29) is 18.0 Å². The predicted octanol–water partition coefficient (Wildman–Crippen LogP) is 4.27. The molecule has 0 bridgehead atoms. The lowest BCUT2D eigenvalue weighted by Gasteiger charge is -2.09. The lowest BCUT2D eigenvalue weighted by atomic mass is 10.0. The molecule has 2 aromatic carbocycles. The third kappa shape index (κ3) is 4.67. The van der Waals surface area contributed by atoms with Crippen LogP contribution in [-0.4, -0.2) is 11.7 Å². The van der Waals surface area contributed by atoms with Gasteiger partial charge >= 0.3 is 0 Å². The normalized spacial score (nSPS) is 12.2. The summed E-state index contributed by atoms with van der Waals surface area (Å²) in [5, 5.41) is 0.775. The molecule has 3 aromatic rings. The lowest BCUT2D eigenvalue weighted by molar-refractivity contribution is -0.118. The fourth-order valence-corrected chi connectivity index (χ4v) is 3.28. The van der Waals surface area contributed by atoms with Gasteiger partial charge in [-0.3, -0.25) is 9.59 Å². The number of unbranched alkanes of at least 4 members (excludes halogenated alkanes) is 2. The molecule has 0 aliphatic rings. The van der Waals surface area contributed by atoms with Crippen LogP contribution in [0.5, 0.6) is 0 Å². The van der Waals surface area contributed by atoms with Crippen LogP contribution >= 0.6 is 0 Å². The predicted molar refractivity (Wildman–Crippen MR) is 110 cm³/mol. The smallest absolute Gasteiger partial charge is 0.228 e. The molecule has 0 spiro atoms. The van der Waals surface area contributed by atoms with Gasteiger partial charge in [-0.05, 0) is 42.2 Å². The molecule has 1 heterocycles. The lowest BCUT2D eigenvalue weighted by Crippen LogP contribution is -2.20. The van der Waals surface area contributed by atoms with Crippen molar-refractivity contribution in [2.75, 3.05) is 0 Å². The molecule has 0 aliphatic carbocycles. The number of nitrogens with two attached hydrogens (primary N) is 2. The number of ketones is 1. The fourth-order valence-electron chi connectivity index (χ4n) is 3.28. The number of benzene rings is 2. The number of carbonyl (C=O) groups excluding carboxylic acids is 2. The molecular formula is C23H26N2O3. The molecule has 1 aromatic heterocycles. The van der Waals surface area contributed by atoms with Crippen molar-refractivity contribution in [2.45, 2.75) is 45.1 Å². The van der Waals surface area contributed by atoms with E-state index in [2.05, 4.69) is 6.92 Å². The molecule has 0 saturated carbocycles. The zero-order chi connectivity index (χ0) is 20.1. The summed E-state index contributed by atoms with van der Waals surface area (Å²) in [5.41, 5.74) is 14.4. The van der Waals surface area contributed by atoms with Crippen molar-refractivity contribution in [1.82, 2.24) is 0 Å². The Bertz CT molecular complexity index is 973. The average molecular weight is 378 g/mol. The Morgan fingerprint density at radius 3 is 2.46 bits per heavy atom. The van der Waals surface area contributed by atoms with Gasteiger partial charge in [0.1, 0.15) is 5.58 Å². The van der Waals surface area contributed by atoms with Gasteiger partial charge in [0.25, 0.3) is 0 Å². The van der Waals surface area contributed by atoms with Crippen LogP contribution in [0.15, 0.2) is 52.9 Å². The van der Waals surface area contributed by atoms with Gasteiger partial charge in [0.05, 0.1) is 0 Å². The fraction of sp³-hybridized carbons (Fsp3) is 0.304. The highest BCUT2D eigenvalue weighted by molar-refractivity contribution is 6.09. The summed E-state index contributed by atoms with van der Waals surface area (Å²) >= 11 is 0. The van der Waals surface area contributed by atoms with Gasteiger partial charge in [-0.1, -0.05) is 50.1 Å². The van der Waals surface area contributed by atoms with Crippen LogP contribution in [0.3, 0.4) is 0 Å². The van der Waals surface area contributed by atoms with Crippen molar-refractivity contribution in [3.8, 4) is 0 Å². The van der Waals surface area contributed by atoms with E-state index in [1.165, 1.54) is 18.4 Å². The van der Waals surface area contributed by atoms with Gasteiger partial charge in [0, 0.05) is 23.4 Å². The Morgan fingerprint density at radius 1 is 1.04 bits per heavy atom. The van der Waals surface area contributed by atoms with E-state index in [9.17, 15) is 9.59 Å². The van der Waals surface area contributed by atoms with E-state index in [0.717, 1.165) is 23.8 Å². The van der Waals surface area contributed by atoms with Crippen LogP contribution < -0.4 is 11.5 Å². The van der Waals surface area contributed by atoms with Gasteiger partial charge in [0.15, 0.2) is 5.76 Å². The first-order valence-electron chi connectivity index (χ1n) is 9.69. The summed E-state index contributed by atoms with van der Waals surface area (Å²) in [4.78, 5) is 23.8. The van der Waals surface area contributed by atoms with Crippen LogP contribution in [0.2, 0.25) is 0 Å². The second-order valence-corrected chi connectivity index (χ2v) is 7.17. The van der Waals surface area contributed by atoms with E-state index < -0.39 is 11.9 Å². The van der Waals surface area contributed by atoms with Crippen LogP contribution in [0, 0.1) is 0 Å². The number of furan rings is 1. The van der Waals surface area contributed by atoms with Gasteiger partial charge in [-0.15, -0.1) is 0 Å². The summed E-state index contributed by atoms with van der Waals surface area (Å²) in [6, 6.07) is 14.3. The van der Waals surface area contributed by atoms with Gasteiger partial charge in [-0.2, -0.15) is 0 Å². The Hall–Kier alpha value is -2.92. The van der Waals surface area contributed by atoms with Gasteiger partial charge < -0.3 is 15.9 Å². The van der Waals surface area contributed by atoms with E-state index in [4.69, 9.17) is 15.9 Å². The molecule has 3 rings (SSSR count).